The normalized spacial score (nSPS) is 18.3. The summed E-state index contributed by atoms with van der Waals surface area (Å²) in [6, 6.07) is 3.57. The number of carbonyl (C=O) groups excluding carboxylic acids is 1. The highest BCUT2D eigenvalue weighted by molar-refractivity contribution is 5.97. The van der Waals surface area contributed by atoms with Crippen LogP contribution in [0, 0.1) is 5.92 Å². The fourth-order valence-electron chi connectivity index (χ4n) is 2.33. The SMILES string of the molecule is COc1ccc(OC(F)(F)F)c(C(=O)NC[C@@H]2CCCOC2)c1. The molecule has 23 heavy (non-hydrogen) atoms. The number of benzene rings is 1. The van der Waals surface area contributed by atoms with E-state index in [1.54, 1.807) is 0 Å². The minimum Gasteiger partial charge on any atom is -0.497 e. The van der Waals surface area contributed by atoms with Crippen LogP contribution in [0.5, 0.6) is 11.5 Å². The third-order valence-electron chi connectivity index (χ3n) is 3.46. The van der Waals surface area contributed by atoms with Crippen molar-refractivity contribution in [1.29, 1.82) is 0 Å². The molecule has 8 heteroatoms. The molecule has 0 radical (unpaired) electrons. The van der Waals surface area contributed by atoms with Crippen LogP contribution in [0.1, 0.15) is 23.2 Å². The number of halogens is 3. The van der Waals surface area contributed by atoms with Crippen LogP contribution in [0.3, 0.4) is 0 Å². The smallest absolute Gasteiger partial charge is 0.497 e. The Morgan fingerprint density at radius 1 is 1.43 bits per heavy atom. The average Bonchev–Trinajstić information content (AvgIpc) is 2.52. The minimum absolute atomic E-state index is 0.158. The zero-order valence-electron chi connectivity index (χ0n) is 12.6. The molecule has 0 spiro atoms. The summed E-state index contributed by atoms with van der Waals surface area (Å²) in [5, 5.41) is 2.62. The number of hydrogen-bond donors (Lipinski definition) is 1. The van der Waals surface area contributed by atoms with Gasteiger partial charge in [0.25, 0.3) is 5.91 Å². The maximum atomic E-state index is 12.4. The zero-order chi connectivity index (χ0) is 16.9. The van der Waals surface area contributed by atoms with E-state index in [1.165, 1.54) is 19.2 Å². The van der Waals surface area contributed by atoms with Crippen LogP contribution in [-0.4, -0.2) is 39.1 Å². The van der Waals surface area contributed by atoms with Gasteiger partial charge in [0.1, 0.15) is 11.5 Å². The van der Waals surface area contributed by atoms with E-state index < -0.39 is 18.0 Å². The van der Waals surface area contributed by atoms with Crippen molar-refractivity contribution >= 4 is 5.91 Å². The van der Waals surface area contributed by atoms with Gasteiger partial charge in [0.2, 0.25) is 0 Å². The highest BCUT2D eigenvalue weighted by Gasteiger charge is 2.33. The first-order valence-corrected chi connectivity index (χ1v) is 7.19. The van der Waals surface area contributed by atoms with Crippen LogP contribution in [0.25, 0.3) is 0 Å². The van der Waals surface area contributed by atoms with Crippen LogP contribution < -0.4 is 14.8 Å². The van der Waals surface area contributed by atoms with Crippen molar-refractivity contribution < 1.29 is 32.2 Å². The Bertz CT molecular complexity index is 542. The standard InChI is InChI=1S/C15H18F3NO4/c1-21-11-4-5-13(23-15(16,17)18)12(7-11)14(20)19-8-10-3-2-6-22-9-10/h4-5,7,10H,2-3,6,8-9H2,1H3,(H,19,20)/t10-/m0/s1. The summed E-state index contributed by atoms with van der Waals surface area (Å²) in [5.74, 6) is -0.777. The molecule has 1 aromatic carbocycles. The molecule has 1 N–H and O–H groups in total. The topological polar surface area (TPSA) is 56.8 Å². The third-order valence-corrected chi connectivity index (χ3v) is 3.46. The molecule has 128 valence electrons. The Morgan fingerprint density at radius 3 is 2.83 bits per heavy atom. The predicted octanol–water partition coefficient (Wildman–Crippen LogP) is 2.75. The van der Waals surface area contributed by atoms with Crippen molar-refractivity contribution in [3.8, 4) is 11.5 Å². The van der Waals surface area contributed by atoms with Crippen molar-refractivity contribution in [2.24, 2.45) is 5.92 Å². The van der Waals surface area contributed by atoms with E-state index in [0.29, 0.717) is 19.8 Å². The van der Waals surface area contributed by atoms with Gasteiger partial charge in [-0.15, -0.1) is 13.2 Å². The van der Waals surface area contributed by atoms with Gasteiger partial charge in [-0.2, -0.15) is 0 Å². The van der Waals surface area contributed by atoms with Gasteiger partial charge < -0.3 is 19.5 Å². The Hall–Kier alpha value is -1.96. The van der Waals surface area contributed by atoms with E-state index in [4.69, 9.17) is 9.47 Å². The van der Waals surface area contributed by atoms with Crippen LogP contribution >= 0.6 is 0 Å². The maximum absolute atomic E-state index is 12.4. The van der Waals surface area contributed by atoms with Crippen molar-refractivity contribution in [1.82, 2.24) is 5.32 Å². The van der Waals surface area contributed by atoms with E-state index >= 15 is 0 Å². The van der Waals surface area contributed by atoms with Gasteiger partial charge in [-0.3, -0.25) is 4.79 Å². The van der Waals surface area contributed by atoms with Crippen molar-refractivity contribution in [3.05, 3.63) is 23.8 Å². The summed E-state index contributed by atoms with van der Waals surface area (Å²) >= 11 is 0. The number of carbonyl (C=O) groups is 1. The van der Waals surface area contributed by atoms with Crippen LogP contribution in [0.4, 0.5) is 13.2 Å². The fourth-order valence-corrected chi connectivity index (χ4v) is 2.33. The number of ether oxygens (including phenoxy) is 3. The summed E-state index contributed by atoms with van der Waals surface area (Å²) in [7, 11) is 1.36. The molecule has 1 atom stereocenters. The second-order valence-corrected chi connectivity index (χ2v) is 5.20. The number of methoxy groups -OCH3 is 1. The summed E-state index contributed by atoms with van der Waals surface area (Å²) in [6.45, 7) is 1.57. The van der Waals surface area contributed by atoms with Gasteiger partial charge in [0, 0.05) is 13.2 Å². The Kier molecular flexibility index (Phi) is 5.70. The van der Waals surface area contributed by atoms with E-state index in [1.807, 2.05) is 0 Å². The fraction of sp³-hybridized carbons (Fsp3) is 0.533. The number of nitrogens with one attached hydrogen (secondary N) is 1. The summed E-state index contributed by atoms with van der Waals surface area (Å²) in [4.78, 5) is 12.2. The minimum atomic E-state index is -4.87. The molecule has 2 rings (SSSR count). The van der Waals surface area contributed by atoms with E-state index in [9.17, 15) is 18.0 Å². The van der Waals surface area contributed by atoms with Gasteiger partial charge in [-0.1, -0.05) is 0 Å². The average molecular weight is 333 g/mol. The van der Waals surface area contributed by atoms with Crippen molar-refractivity contribution in [2.75, 3.05) is 26.9 Å². The van der Waals surface area contributed by atoms with Crippen LogP contribution in [0.15, 0.2) is 18.2 Å². The van der Waals surface area contributed by atoms with Crippen molar-refractivity contribution in [3.63, 3.8) is 0 Å². The number of rotatable bonds is 5. The Labute approximate surface area is 131 Å². The molecular formula is C15H18F3NO4. The summed E-state index contributed by atoms with van der Waals surface area (Å²) in [6.07, 6.45) is -3.06. The maximum Gasteiger partial charge on any atom is 0.573 e. The highest BCUT2D eigenvalue weighted by atomic mass is 19.4. The molecule has 0 saturated carbocycles. The molecule has 1 heterocycles. The van der Waals surface area contributed by atoms with Gasteiger partial charge in [-0.25, -0.2) is 0 Å². The molecule has 1 amide bonds. The molecule has 5 nitrogen and oxygen atoms in total. The predicted molar refractivity (Wildman–Crippen MR) is 75.6 cm³/mol. The van der Waals surface area contributed by atoms with Crippen LogP contribution in [-0.2, 0) is 4.74 Å². The monoisotopic (exact) mass is 333 g/mol. The number of hydrogen-bond acceptors (Lipinski definition) is 4. The molecule has 0 unspecified atom stereocenters. The first-order valence-electron chi connectivity index (χ1n) is 7.19. The molecule has 0 bridgehead atoms. The molecule has 0 aliphatic carbocycles. The van der Waals surface area contributed by atoms with Crippen molar-refractivity contribution in [2.45, 2.75) is 19.2 Å². The van der Waals surface area contributed by atoms with Crippen LogP contribution in [0.2, 0.25) is 0 Å². The summed E-state index contributed by atoms with van der Waals surface area (Å²) < 4.78 is 51.5. The third kappa shape index (κ3) is 5.31. The molecule has 0 aromatic heterocycles. The lowest BCUT2D eigenvalue weighted by Crippen LogP contribution is -2.33. The molecular weight excluding hydrogens is 315 g/mol. The van der Waals surface area contributed by atoms with Gasteiger partial charge >= 0.3 is 6.36 Å². The molecule has 1 saturated heterocycles. The summed E-state index contributed by atoms with van der Waals surface area (Å²) in [5.41, 5.74) is -0.224. The quantitative estimate of drug-likeness (QED) is 0.900. The zero-order valence-corrected chi connectivity index (χ0v) is 12.6. The second kappa shape index (κ2) is 7.54. The van der Waals surface area contributed by atoms with E-state index in [2.05, 4.69) is 10.1 Å². The first-order chi connectivity index (χ1) is 10.9. The lowest BCUT2D eigenvalue weighted by atomic mass is 10.0. The molecule has 1 aliphatic rings. The number of alkyl halides is 3. The van der Waals surface area contributed by atoms with Gasteiger partial charge in [-0.05, 0) is 37.0 Å². The van der Waals surface area contributed by atoms with Gasteiger partial charge in [0.15, 0.2) is 0 Å². The molecule has 1 aromatic rings. The lowest BCUT2D eigenvalue weighted by Gasteiger charge is -2.22. The molecule has 1 fully saturated rings. The lowest BCUT2D eigenvalue weighted by molar-refractivity contribution is -0.274. The van der Waals surface area contributed by atoms with Gasteiger partial charge in [0.05, 0.1) is 19.3 Å². The van der Waals surface area contributed by atoms with E-state index in [-0.39, 0.29) is 17.2 Å². The Balaban J connectivity index is 2.09. The Morgan fingerprint density at radius 2 is 2.22 bits per heavy atom. The first kappa shape index (κ1) is 17.4. The highest BCUT2D eigenvalue weighted by Crippen LogP contribution is 2.29. The molecule has 1 aliphatic heterocycles. The van der Waals surface area contributed by atoms with E-state index in [0.717, 1.165) is 18.9 Å². The second-order valence-electron chi connectivity index (χ2n) is 5.20. The largest absolute Gasteiger partial charge is 0.573 e. The number of amides is 1.